The number of aromatic nitrogens is 2. The minimum absolute atomic E-state index is 0.0463. The van der Waals surface area contributed by atoms with Gasteiger partial charge in [0, 0.05) is 13.0 Å². The van der Waals surface area contributed by atoms with Crippen molar-refractivity contribution in [3.63, 3.8) is 0 Å². The fourth-order valence-corrected chi connectivity index (χ4v) is 2.27. The van der Waals surface area contributed by atoms with E-state index in [-0.39, 0.29) is 12.0 Å². The predicted molar refractivity (Wildman–Crippen MR) is 74.1 cm³/mol. The number of ether oxygens (including phenoxy) is 1. The second kappa shape index (κ2) is 6.67. The Morgan fingerprint density at radius 3 is 2.81 bits per heavy atom. The first-order valence-corrected chi connectivity index (χ1v) is 6.79. The summed E-state index contributed by atoms with van der Waals surface area (Å²) in [6, 6.07) is 3.92. The second-order valence-electron chi connectivity index (χ2n) is 4.75. The highest BCUT2D eigenvalue weighted by Gasteiger charge is 2.22. The maximum atomic E-state index is 13.7. The fraction of sp³-hybridized carbons (Fsp3) is 0.400. The van der Waals surface area contributed by atoms with Gasteiger partial charge in [-0.3, -0.25) is 4.68 Å². The van der Waals surface area contributed by atoms with Crippen LogP contribution in [0.1, 0.15) is 30.7 Å². The number of halogens is 2. The summed E-state index contributed by atoms with van der Waals surface area (Å²) >= 11 is 0. The van der Waals surface area contributed by atoms with E-state index in [4.69, 9.17) is 4.74 Å². The molecule has 1 heterocycles. The lowest BCUT2D eigenvalue weighted by atomic mass is 10.0. The van der Waals surface area contributed by atoms with E-state index in [0.717, 1.165) is 12.5 Å². The summed E-state index contributed by atoms with van der Waals surface area (Å²) in [5, 5.41) is 14.5. The average molecular weight is 296 g/mol. The van der Waals surface area contributed by atoms with E-state index >= 15 is 0 Å². The van der Waals surface area contributed by atoms with Crippen molar-refractivity contribution in [1.29, 1.82) is 0 Å². The zero-order valence-electron chi connectivity index (χ0n) is 12.0. The number of hydrogen-bond donors (Lipinski definition) is 1. The van der Waals surface area contributed by atoms with Crippen LogP contribution in [0.5, 0.6) is 5.75 Å². The van der Waals surface area contributed by atoms with Crippen molar-refractivity contribution in [2.24, 2.45) is 0 Å². The predicted octanol–water partition coefficient (Wildman–Crippen LogP) is 2.86. The number of aliphatic hydroxyl groups is 1. The lowest BCUT2D eigenvalue weighted by molar-refractivity contribution is 0.160. The molecule has 0 bridgehead atoms. The number of aryl methyl sites for hydroxylation is 1. The number of benzene rings is 1. The van der Waals surface area contributed by atoms with Crippen LogP contribution in [0.15, 0.2) is 24.4 Å². The summed E-state index contributed by atoms with van der Waals surface area (Å²) < 4.78 is 33.7. The monoisotopic (exact) mass is 296 g/mol. The Balaban J connectivity index is 2.29. The number of hydrogen-bond acceptors (Lipinski definition) is 3. The van der Waals surface area contributed by atoms with Crippen molar-refractivity contribution in [2.75, 3.05) is 7.11 Å². The van der Waals surface area contributed by atoms with Gasteiger partial charge in [-0.1, -0.05) is 19.1 Å². The Labute approximate surface area is 122 Å². The van der Waals surface area contributed by atoms with Crippen LogP contribution in [0.2, 0.25) is 0 Å². The molecule has 0 aliphatic carbocycles. The van der Waals surface area contributed by atoms with Crippen LogP contribution in [0.3, 0.4) is 0 Å². The average Bonchev–Trinajstić information content (AvgIpc) is 2.87. The highest BCUT2D eigenvalue weighted by atomic mass is 19.2. The molecule has 4 nitrogen and oxygen atoms in total. The van der Waals surface area contributed by atoms with Gasteiger partial charge < -0.3 is 9.84 Å². The molecule has 1 unspecified atom stereocenters. The molecule has 0 saturated carbocycles. The molecular weight excluding hydrogens is 278 g/mol. The molecule has 1 aromatic heterocycles. The van der Waals surface area contributed by atoms with Crippen molar-refractivity contribution >= 4 is 0 Å². The first kappa shape index (κ1) is 15.4. The smallest absolute Gasteiger partial charge is 0.162 e. The molecule has 1 N–H and O–H groups in total. The number of methoxy groups -OCH3 is 1. The van der Waals surface area contributed by atoms with Crippen LogP contribution in [0.25, 0.3) is 0 Å². The van der Waals surface area contributed by atoms with Gasteiger partial charge in [0.25, 0.3) is 0 Å². The van der Waals surface area contributed by atoms with E-state index in [9.17, 15) is 13.9 Å². The highest BCUT2D eigenvalue weighted by Crippen LogP contribution is 2.28. The molecule has 0 aliphatic rings. The normalized spacial score (nSPS) is 12.4. The zero-order chi connectivity index (χ0) is 15.4. The van der Waals surface area contributed by atoms with E-state index < -0.39 is 17.7 Å². The number of aliphatic hydroxyl groups excluding tert-OH is 1. The summed E-state index contributed by atoms with van der Waals surface area (Å²) in [6.45, 7) is 2.60. The summed E-state index contributed by atoms with van der Waals surface area (Å²) in [7, 11) is 1.48. The first-order valence-electron chi connectivity index (χ1n) is 6.79. The minimum atomic E-state index is -1.02. The Kier molecular flexibility index (Phi) is 4.90. The van der Waals surface area contributed by atoms with Crippen LogP contribution in [-0.4, -0.2) is 22.0 Å². The Morgan fingerprint density at radius 2 is 2.14 bits per heavy atom. The van der Waals surface area contributed by atoms with Crippen LogP contribution >= 0.6 is 0 Å². The molecule has 0 amide bonds. The molecule has 6 heteroatoms. The van der Waals surface area contributed by atoms with Crippen molar-refractivity contribution in [3.05, 3.63) is 47.3 Å². The molecule has 2 aromatic rings. The summed E-state index contributed by atoms with van der Waals surface area (Å²) in [5.41, 5.74) is 0.594. The Bertz CT molecular complexity index is 614. The fourth-order valence-electron chi connectivity index (χ4n) is 2.27. The topological polar surface area (TPSA) is 47.3 Å². The molecule has 0 radical (unpaired) electrons. The summed E-state index contributed by atoms with van der Waals surface area (Å²) in [5.74, 6) is -1.42. The third kappa shape index (κ3) is 3.21. The highest BCUT2D eigenvalue weighted by molar-refractivity contribution is 5.29. The zero-order valence-corrected chi connectivity index (χ0v) is 12.0. The van der Waals surface area contributed by atoms with Gasteiger partial charge >= 0.3 is 0 Å². The molecule has 114 valence electrons. The molecule has 1 aromatic carbocycles. The Hall–Kier alpha value is -1.95. The molecular formula is C15H18F2N2O2. The van der Waals surface area contributed by atoms with Gasteiger partial charge in [0.15, 0.2) is 17.4 Å². The van der Waals surface area contributed by atoms with Gasteiger partial charge in [-0.2, -0.15) is 5.10 Å². The number of rotatable bonds is 6. The summed E-state index contributed by atoms with van der Waals surface area (Å²) in [4.78, 5) is 0. The minimum Gasteiger partial charge on any atom is -0.493 e. The second-order valence-corrected chi connectivity index (χ2v) is 4.75. The molecule has 21 heavy (non-hydrogen) atoms. The third-order valence-corrected chi connectivity index (χ3v) is 3.26. The number of nitrogens with zero attached hydrogens (tertiary/aromatic N) is 2. The summed E-state index contributed by atoms with van der Waals surface area (Å²) in [6.07, 6.45) is 1.27. The first-order chi connectivity index (χ1) is 10.1. The van der Waals surface area contributed by atoms with Crippen LogP contribution < -0.4 is 4.74 Å². The molecule has 2 rings (SSSR count). The van der Waals surface area contributed by atoms with E-state index in [1.807, 2.05) is 6.92 Å². The van der Waals surface area contributed by atoms with Gasteiger partial charge in [0.1, 0.15) is 11.8 Å². The van der Waals surface area contributed by atoms with E-state index in [2.05, 4.69) is 5.10 Å². The standard InChI is InChI=1S/C15H18F2N2O2/c1-3-7-19-15(13(21-2)9-18-19)12(20)8-10-5-4-6-11(16)14(10)17/h4-6,9,12,20H,3,7-8H2,1-2H3. The lowest BCUT2D eigenvalue weighted by Crippen LogP contribution is -2.13. The molecule has 1 atom stereocenters. The third-order valence-electron chi connectivity index (χ3n) is 3.26. The van der Waals surface area contributed by atoms with Gasteiger partial charge in [0.05, 0.1) is 13.3 Å². The SMILES string of the molecule is CCCn1ncc(OC)c1C(O)Cc1cccc(F)c1F. The van der Waals surface area contributed by atoms with Gasteiger partial charge in [0.2, 0.25) is 0 Å². The van der Waals surface area contributed by atoms with Crippen LogP contribution in [0, 0.1) is 11.6 Å². The quantitative estimate of drug-likeness (QED) is 0.891. The van der Waals surface area contributed by atoms with Crippen LogP contribution in [-0.2, 0) is 13.0 Å². The van der Waals surface area contributed by atoms with E-state index in [1.54, 1.807) is 4.68 Å². The largest absolute Gasteiger partial charge is 0.493 e. The van der Waals surface area contributed by atoms with Gasteiger partial charge in [-0.25, -0.2) is 8.78 Å². The van der Waals surface area contributed by atoms with E-state index in [1.165, 1.54) is 25.4 Å². The van der Waals surface area contributed by atoms with Gasteiger partial charge in [-0.05, 0) is 18.1 Å². The molecule has 0 aliphatic heterocycles. The van der Waals surface area contributed by atoms with Crippen molar-refractivity contribution in [3.8, 4) is 5.75 Å². The maximum Gasteiger partial charge on any atom is 0.162 e. The lowest BCUT2D eigenvalue weighted by Gasteiger charge is -2.15. The molecule has 0 fully saturated rings. The molecule has 0 saturated heterocycles. The van der Waals surface area contributed by atoms with Crippen molar-refractivity contribution in [2.45, 2.75) is 32.4 Å². The van der Waals surface area contributed by atoms with Crippen molar-refractivity contribution < 1.29 is 18.6 Å². The Morgan fingerprint density at radius 1 is 1.38 bits per heavy atom. The molecule has 0 spiro atoms. The maximum absolute atomic E-state index is 13.7. The van der Waals surface area contributed by atoms with E-state index in [0.29, 0.717) is 18.0 Å². The van der Waals surface area contributed by atoms with Crippen molar-refractivity contribution in [1.82, 2.24) is 9.78 Å². The van der Waals surface area contributed by atoms with Crippen LogP contribution in [0.4, 0.5) is 8.78 Å². The van der Waals surface area contributed by atoms with Gasteiger partial charge in [-0.15, -0.1) is 0 Å².